The van der Waals surface area contributed by atoms with Crippen molar-refractivity contribution < 1.29 is 23.6 Å². The third-order valence-electron chi connectivity index (χ3n) is 8.47. The number of alkyl carbamates (subject to hydrolysis) is 1. The number of rotatable bonds is 4. The quantitative estimate of drug-likeness (QED) is 0.663. The SMILES string of the molecule is CC(C)[C@H](NC(=O)OC(C)(C)C)C(=O)N1CCC[C@H]1B1O[C@@H]2C[C@@H]3C[C@@H](C3(C)C)[C@]2(C)O1. The number of amides is 2. The van der Waals surface area contributed by atoms with Gasteiger partial charge in [0.25, 0.3) is 0 Å². The van der Waals surface area contributed by atoms with E-state index >= 15 is 0 Å². The van der Waals surface area contributed by atoms with Gasteiger partial charge in [-0.2, -0.15) is 0 Å². The van der Waals surface area contributed by atoms with Crippen LogP contribution in [0.5, 0.6) is 0 Å². The summed E-state index contributed by atoms with van der Waals surface area (Å²) in [5, 5.41) is 2.81. The van der Waals surface area contributed by atoms with E-state index in [0.29, 0.717) is 18.4 Å². The molecule has 2 bridgehead atoms. The maximum absolute atomic E-state index is 13.6. The van der Waals surface area contributed by atoms with Crippen molar-refractivity contribution in [3.8, 4) is 0 Å². The predicted octanol–water partition coefficient (Wildman–Crippen LogP) is 3.79. The molecular weight excluding hydrogens is 407 g/mol. The predicted molar refractivity (Wildman–Crippen MR) is 123 cm³/mol. The number of ether oxygens (including phenoxy) is 1. The molecule has 7 nitrogen and oxygen atoms in total. The van der Waals surface area contributed by atoms with Crippen LogP contribution in [0.1, 0.15) is 81.1 Å². The van der Waals surface area contributed by atoms with Gasteiger partial charge >= 0.3 is 13.2 Å². The normalized spacial score (nSPS) is 36.5. The molecule has 2 amide bonds. The number of carbonyl (C=O) groups excluding carboxylic acids is 2. The molecule has 2 aliphatic heterocycles. The highest BCUT2D eigenvalue weighted by atomic mass is 16.7. The number of carbonyl (C=O) groups is 2. The van der Waals surface area contributed by atoms with Crippen LogP contribution < -0.4 is 5.32 Å². The third-order valence-corrected chi connectivity index (χ3v) is 8.47. The molecular formula is C24H41BN2O5. The maximum atomic E-state index is 13.6. The van der Waals surface area contributed by atoms with Crippen LogP contribution in [0, 0.1) is 23.2 Å². The molecule has 0 radical (unpaired) electrons. The standard InChI is InChI=1S/C24H41BN2O5/c1-14(2)19(26-21(29)30-22(3,4)5)20(28)27-11-9-10-18(27)25-31-17-13-15-12-16(23(15,6)7)24(17,8)32-25/h14-19H,9-13H2,1-8H3,(H,26,29)/t15-,16-,17+,18-,19-,24-/m0/s1. The Bertz CT molecular complexity index is 766. The molecule has 2 heterocycles. The number of likely N-dealkylation sites (tertiary alicyclic amines) is 1. The van der Waals surface area contributed by atoms with Gasteiger partial charge in [0.15, 0.2) is 0 Å². The minimum Gasteiger partial charge on any atom is -0.444 e. The van der Waals surface area contributed by atoms with E-state index in [1.165, 1.54) is 6.42 Å². The summed E-state index contributed by atoms with van der Waals surface area (Å²) in [4.78, 5) is 27.8. The van der Waals surface area contributed by atoms with Crippen LogP contribution in [0.4, 0.5) is 4.79 Å². The fourth-order valence-corrected chi connectivity index (χ4v) is 6.54. The van der Waals surface area contributed by atoms with Gasteiger partial charge in [-0.05, 0) is 76.5 Å². The smallest absolute Gasteiger partial charge is 0.444 e. The summed E-state index contributed by atoms with van der Waals surface area (Å²) in [6.45, 7) is 16.9. The lowest BCUT2D eigenvalue weighted by molar-refractivity contribution is -0.199. The van der Waals surface area contributed by atoms with Crippen molar-refractivity contribution in [3.05, 3.63) is 0 Å². The Balaban J connectivity index is 1.46. The number of hydrogen-bond acceptors (Lipinski definition) is 5. The molecule has 5 fully saturated rings. The maximum Gasteiger partial charge on any atom is 0.481 e. The average molecular weight is 448 g/mol. The van der Waals surface area contributed by atoms with Crippen LogP contribution >= 0.6 is 0 Å². The van der Waals surface area contributed by atoms with E-state index in [1.807, 2.05) is 39.5 Å². The lowest BCUT2D eigenvalue weighted by atomic mass is 9.43. The van der Waals surface area contributed by atoms with Crippen LogP contribution in [0.2, 0.25) is 0 Å². The molecule has 180 valence electrons. The van der Waals surface area contributed by atoms with Crippen LogP contribution in [-0.2, 0) is 18.8 Å². The lowest BCUT2D eigenvalue weighted by Gasteiger charge is -2.64. The first-order valence-electron chi connectivity index (χ1n) is 12.4. The summed E-state index contributed by atoms with van der Waals surface area (Å²) in [5.74, 6) is 0.927. The second kappa shape index (κ2) is 7.90. The van der Waals surface area contributed by atoms with E-state index in [0.717, 1.165) is 19.3 Å². The van der Waals surface area contributed by atoms with E-state index in [4.69, 9.17) is 14.0 Å². The van der Waals surface area contributed by atoms with Gasteiger partial charge in [-0.15, -0.1) is 0 Å². The van der Waals surface area contributed by atoms with Crippen LogP contribution in [-0.4, -0.2) is 59.9 Å². The first-order valence-corrected chi connectivity index (χ1v) is 12.4. The molecule has 32 heavy (non-hydrogen) atoms. The Morgan fingerprint density at radius 1 is 1.19 bits per heavy atom. The minimum atomic E-state index is -0.642. The highest BCUT2D eigenvalue weighted by Gasteiger charge is 2.69. The Morgan fingerprint density at radius 2 is 1.88 bits per heavy atom. The van der Waals surface area contributed by atoms with Gasteiger partial charge in [-0.25, -0.2) is 4.79 Å². The van der Waals surface area contributed by atoms with Crippen molar-refractivity contribution in [2.75, 3.05) is 6.54 Å². The van der Waals surface area contributed by atoms with E-state index < -0.39 is 24.9 Å². The molecule has 0 aromatic carbocycles. The first-order chi connectivity index (χ1) is 14.7. The summed E-state index contributed by atoms with van der Waals surface area (Å²) in [5.41, 5.74) is -0.613. The van der Waals surface area contributed by atoms with E-state index in [1.54, 1.807) is 0 Å². The van der Waals surface area contributed by atoms with Gasteiger partial charge < -0.3 is 24.3 Å². The van der Waals surface area contributed by atoms with E-state index in [2.05, 4.69) is 26.1 Å². The summed E-state index contributed by atoms with van der Waals surface area (Å²) < 4.78 is 18.5. The van der Waals surface area contributed by atoms with Gasteiger partial charge in [0.05, 0.1) is 17.6 Å². The van der Waals surface area contributed by atoms with Crippen molar-refractivity contribution in [2.45, 2.75) is 110 Å². The number of nitrogens with one attached hydrogen (secondary N) is 1. The largest absolute Gasteiger partial charge is 0.481 e. The highest BCUT2D eigenvalue weighted by Crippen LogP contribution is 2.65. The fraction of sp³-hybridized carbons (Fsp3) is 0.917. The first kappa shape index (κ1) is 23.9. The second-order valence-corrected chi connectivity index (χ2v) is 12.4. The van der Waals surface area contributed by atoms with Gasteiger partial charge in [-0.1, -0.05) is 27.7 Å². The second-order valence-electron chi connectivity index (χ2n) is 12.4. The Kier molecular flexibility index (Phi) is 5.89. The average Bonchev–Trinajstić information content (AvgIpc) is 3.26. The molecule has 5 aliphatic rings. The van der Waals surface area contributed by atoms with Crippen molar-refractivity contribution >= 4 is 19.1 Å². The van der Waals surface area contributed by atoms with Crippen molar-refractivity contribution in [2.24, 2.45) is 23.2 Å². The van der Waals surface area contributed by atoms with Gasteiger partial charge in [0, 0.05) is 6.54 Å². The number of nitrogens with zero attached hydrogens (tertiary/aromatic N) is 1. The van der Waals surface area contributed by atoms with Crippen molar-refractivity contribution in [1.82, 2.24) is 10.2 Å². The Hall–Kier alpha value is -1.28. The molecule has 0 aromatic rings. The molecule has 5 rings (SSSR count). The Morgan fingerprint density at radius 3 is 2.47 bits per heavy atom. The fourth-order valence-electron chi connectivity index (χ4n) is 6.54. The summed E-state index contributed by atoms with van der Waals surface area (Å²) in [6, 6.07) is -0.642. The lowest BCUT2D eigenvalue weighted by Crippen LogP contribution is -2.65. The zero-order chi connectivity index (χ0) is 23.6. The van der Waals surface area contributed by atoms with Crippen LogP contribution in [0.25, 0.3) is 0 Å². The molecule has 1 N–H and O–H groups in total. The molecule has 2 saturated heterocycles. The summed E-state index contributed by atoms with van der Waals surface area (Å²) in [7, 11) is -0.402. The topological polar surface area (TPSA) is 77.1 Å². The zero-order valence-corrected chi connectivity index (χ0v) is 21.1. The Labute approximate surface area is 193 Å². The zero-order valence-electron chi connectivity index (χ0n) is 21.1. The van der Waals surface area contributed by atoms with Gasteiger partial charge in [-0.3, -0.25) is 4.79 Å². The van der Waals surface area contributed by atoms with Gasteiger partial charge in [0.1, 0.15) is 11.6 Å². The number of hydrogen-bond donors (Lipinski definition) is 1. The minimum absolute atomic E-state index is 0.0604. The molecule has 8 heteroatoms. The van der Waals surface area contributed by atoms with E-state index in [-0.39, 0.29) is 34.9 Å². The molecule has 0 aromatic heterocycles. The molecule has 6 atom stereocenters. The van der Waals surface area contributed by atoms with Crippen molar-refractivity contribution in [3.63, 3.8) is 0 Å². The van der Waals surface area contributed by atoms with Crippen LogP contribution in [0.15, 0.2) is 0 Å². The molecule has 0 spiro atoms. The van der Waals surface area contributed by atoms with Crippen molar-refractivity contribution in [1.29, 1.82) is 0 Å². The van der Waals surface area contributed by atoms with Gasteiger partial charge in [0.2, 0.25) is 5.91 Å². The molecule has 0 unspecified atom stereocenters. The third kappa shape index (κ3) is 3.95. The summed E-state index contributed by atoms with van der Waals surface area (Å²) in [6.07, 6.45) is 3.55. The summed E-state index contributed by atoms with van der Waals surface area (Å²) >= 11 is 0. The van der Waals surface area contributed by atoms with E-state index in [9.17, 15) is 9.59 Å². The molecule has 3 aliphatic carbocycles. The molecule has 3 saturated carbocycles. The monoisotopic (exact) mass is 448 g/mol. The highest BCUT2D eigenvalue weighted by molar-refractivity contribution is 6.48. The van der Waals surface area contributed by atoms with Crippen LogP contribution in [0.3, 0.4) is 0 Å².